The number of carbonyl (C=O) groups is 1. The van der Waals surface area contributed by atoms with Crippen molar-refractivity contribution in [3.63, 3.8) is 0 Å². The molecule has 0 unspecified atom stereocenters. The van der Waals surface area contributed by atoms with Gasteiger partial charge in [-0.25, -0.2) is 9.97 Å². The van der Waals surface area contributed by atoms with Gasteiger partial charge in [0.1, 0.15) is 5.56 Å². The van der Waals surface area contributed by atoms with Crippen LogP contribution in [0.2, 0.25) is 0 Å². The second-order valence-corrected chi connectivity index (χ2v) is 6.60. The second-order valence-electron chi connectivity index (χ2n) is 5.71. The molecule has 0 radical (unpaired) electrons. The first kappa shape index (κ1) is 15.9. The molecule has 3 rings (SSSR count). The third-order valence-electron chi connectivity index (χ3n) is 3.98. The minimum absolute atomic E-state index is 0.000437. The highest BCUT2D eigenvalue weighted by atomic mass is 32.1. The minimum atomic E-state index is -0.000437. The summed E-state index contributed by atoms with van der Waals surface area (Å²) in [4.78, 5) is 23.5. The number of piperidine rings is 1. The standard InChI is InChI=1S/C17H21N3O2S/c1-3-22-15-14(7-4-8-18-15)17(21)20-9-5-6-13(10-20)16-19-12(2)11-23-16/h4,7-8,11,13H,3,5-6,9-10H2,1-2H3/t13-/m0/s1. The predicted octanol–water partition coefficient (Wildman–Crippen LogP) is 3.27. The summed E-state index contributed by atoms with van der Waals surface area (Å²) in [7, 11) is 0. The predicted molar refractivity (Wildman–Crippen MR) is 90.1 cm³/mol. The van der Waals surface area contributed by atoms with E-state index in [0.717, 1.165) is 30.1 Å². The first-order valence-electron chi connectivity index (χ1n) is 7.98. The smallest absolute Gasteiger partial charge is 0.259 e. The Balaban J connectivity index is 1.77. The Labute approximate surface area is 140 Å². The van der Waals surface area contributed by atoms with Gasteiger partial charge in [-0.1, -0.05) is 0 Å². The molecular formula is C17H21N3O2S. The molecule has 1 atom stereocenters. The molecule has 3 heterocycles. The minimum Gasteiger partial charge on any atom is -0.477 e. The number of rotatable bonds is 4. The molecule has 6 heteroatoms. The number of hydrogen-bond donors (Lipinski definition) is 0. The van der Waals surface area contributed by atoms with E-state index in [4.69, 9.17) is 4.74 Å². The normalized spacial score (nSPS) is 18.0. The fourth-order valence-electron chi connectivity index (χ4n) is 2.90. The fourth-order valence-corrected chi connectivity index (χ4v) is 3.82. The number of nitrogens with zero attached hydrogens (tertiary/aromatic N) is 3. The van der Waals surface area contributed by atoms with Crippen LogP contribution in [-0.4, -0.2) is 40.5 Å². The van der Waals surface area contributed by atoms with Crippen LogP contribution in [0.15, 0.2) is 23.7 Å². The van der Waals surface area contributed by atoms with Crippen molar-refractivity contribution >= 4 is 17.2 Å². The molecule has 122 valence electrons. The van der Waals surface area contributed by atoms with E-state index in [2.05, 4.69) is 15.3 Å². The van der Waals surface area contributed by atoms with E-state index in [-0.39, 0.29) is 5.91 Å². The summed E-state index contributed by atoms with van der Waals surface area (Å²) < 4.78 is 5.49. The van der Waals surface area contributed by atoms with Crippen molar-refractivity contribution < 1.29 is 9.53 Å². The summed E-state index contributed by atoms with van der Waals surface area (Å²) in [6.45, 7) is 5.89. The molecule has 1 amide bonds. The number of aryl methyl sites for hydroxylation is 1. The van der Waals surface area contributed by atoms with Crippen LogP contribution in [0.25, 0.3) is 0 Å². The Morgan fingerprint density at radius 1 is 1.52 bits per heavy atom. The van der Waals surface area contributed by atoms with E-state index in [9.17, 15) is 4.79 Å². The lowest BCUT2D eigenvalue weighted by molar-refractivity contribution is 0.0702. The fraction of sp³-hybridized carbons (Fsp3) is 0.471. The molecule has 1 aliphatic heterocycles. The molecule has 0 bridgehead atoms. The Morgan fingerprint density at radius 2 is 2.39 bits per heavy atom. The van der Waals surface area contributed by atoms with Crippen LogP contribution in [0.1, 0.15) is 46.7 Å². The maximum Gasteiger partial charge on any atom is 0.259 e. The van der Waals surface area contributed by atoms with Gasteiger partial charge in [-0.3, -0.25) is 4.79 Å². The lowest BCUT2D eigenvalue weighted by Crippen LogP contribution is -2.39. The second kappa shape index (κ2) is 7.08. The van der Waals surface area contributed by atoms with E-state index < -0.39 is 0 Å². The molecular weight excluding hydrogens is 310 g/mol. The van der Waals surface area contributed by atoms with E-state index in [1.165, 1.54) is 0 Å². The van der Waals surface area contributed by atoms with Crippen molar-refractivity contribution in [2.75, 3.05) is 19.7 Å². The van der Waals surface area contributed by atoms with Gasteiger partial charge < -0.3 is 9.64 Å². The van der Waals surface area contributed by atoms with Crippen LogP contribution in [0.4, 0.5) is 0 Å². The number of likely N-dealkylation sites (tertiary alicyclic amines) is 1. The van der Waals surface area contributed by atoms with E-state index in [1.54, 1.807) is 29.7 Å². The zero-order chi connectivity index (χ0) is 16.2. The monoisotopic (exact) mass is 331 g/mol. The number of pyridine rings is 1. The van der Waals surface area contributed by atoms with Gasteiger partial charge in [-0.05, 0) is 38.8 Å². The Kier molecular flexibility index (Phi) is 4.91. The SMILES string of the molecule is CCOc1ncccc1C(=O)N1CCC[C@H](c2nc(C)cs2)C1. The van der Waals surface area contributed by atoms with Crippen LogP contribution < -0.4 is 4.74 Å². The molecule has 0 aromatic carbocycles. The van der Waals surface area contributed by atoms with Crippen LogP contribution >= 0.6 is 11.3 Å². The number of thiazole rings is 1. The van der Waals surface area contributed by atoms with Crippen LogP contribution in [0, 0.1) is 6.92 Å². The maximum absolute atomic E-state index is 12.9. The molecule has 2 aromatic rings. The highest BCUT2D eigenvalue weighted by molar-refractivity contribution is 7.09. The number of amides is 1. The number of carbonyl (C=O) groups excluding carboxylic acids is 1. The molecule has 5 nitrogen and oxygen atoms in total. The van der Waals surface area contributed by atoms with Gasteiger partial charge in [0.25, 0.3) is 5.91 Å². The topological polar surface area (TPSA) is 55.3 Å². The average molecular weight is 331 g/mol. The van der Waals surface area contributed by atoms with Gasteiger partial charge in [0, 0.05) is 36.3 Å². The molecule has 2 aromatic heterocycles. The number of hydrogen-bond acceptors (Lipinski definition) is 5. The zero-order valence-electron chi connectivity index (χ0n) is 13.5. The Bertz CT molecular complexity index is 686. The molecule has 0 saturated carbocycles. The van der Waals surface area contributed by atoms with Crippen molar-refractivity contribution in [2.45, 2.75) is 32.6 Å². The van der Waals surface area contributed by atoms with Crippen molar-refractivity contribution in [1.29, 1.82) is 0 Å². The number of ether oxygens (including phenoxy) is 1. The zero-order valence-corrected chi connectivity index (χ0v) is 14.3. The third kappa shape index (κ3) is 3.52. The Morgan fingerprint density at radius 3 is 3.13 bits per heavy atom. The lowest BCUT2D eigenvalue weighted by atomic mass is 9.98. The van der Waals surface area contributed by atoms with Gasteiger partial charge in [0.15, 0.2) is 0 Å². The largest absolute Gasteiger partial charge is 0.477 e. The summed E-state index contributed by atoms with van der Waals surface area (Å²) in [5, 5.41) is 3.21. The summed E-state index contributed by atoms with van der Waals surface area (Å²) in [6, 6.07) is 3.57. The van der Waals surface area contributed by atoms with Gasteiger partial charge in [0.2, 0.25) is 5.88 Å². The molecule has 1 fully saturated rings. The highest BCUT2D eigenvalue weighted by Gasteiger charge is 2.28. The maximum atomic E-state index is 12.9. The number of aromatic nitrogens is 2. The Hall–Kier alpha value is -1.95. The highest BCUT2D eigenvalue weighted by Crippen LogP contribution is 2.30. The third-order valence-corrected chi connectivity index (χ3v) is 5.10. The van der Waals surface area contributed by atoms with E-state index in [1.807, 2.05) is 18.7 Å². The van der Waals surface area contributed by atoms with Crippen molar-refractivity contribution in [3.8, 4) is 5.88 Å². The molecule has 23 heavy (non-hydrogen) atoms. The van der Waals surface area contributed by atoms with Gasteiger partial charge in [0.05, 0.1) is 11.6 Å². The summed E-state index contributed by atoms with van der Waals surface area (Å²) in [5.74, 6) is 0.755. The van der Waals surface area contributed by atoms with Gasteiger partial charge in [-0.15, -0.1) is 11.3 Å². The molecule has 1 aliphatic rings. The van der Waals surface area contributed by atoms with Crippen molar-refractivity contribution in [1.82, 2.24) is 14.9 Å². The molecule has 0 N–H and O–H groups in total. The molecule has 0 aliphatic carbocycles. The van der Waals surface area contributed by atoms with Crippen molar-refractivity contribution in [3.05, 3.63) is 40.0 Å². The van der Waals surface area contributed by atoms with E-state index >= 15 is 0 Å². The van der Waals surface area contributed by atoms with Crippen LogP contribution in [0.5, 0.6) is 5.88 Å². The van der Waals surface area contributed by atoms with Crippen LogP contribution in [-0.2, 0) is 0 Å². The molecule has 1 saturated heterocycles. The lowest BCUT2D eigenvalue weighted by Gasteiger charge is -2.32. The first-order valence-corrected chi connectivity index (χ1v) is 8.86. The average Bonchev–Trinajstić information content (AvgIpc) is 3.02. The quantitative estimate of drug-likeness (QED) is 0.863. The first-order chi connectivity index (χ1) is 11.2. The van der Waals surface area contributed by atoms with Gasteiger partial charge in [-0.2, -0.15) is 0 Å². The van der Waals surface area contributed by atoms with E-state index in [0.29, 0.717) is 30.5 Å². The summed E-state index contributed by atoms with van der Waals surface area (Å²) in [6.07, 6.45) is 3.74. The van der Waals surface area contributed by atoms with Crippen molar-refractivity contribution in [2.24, 2.45) is 0 Å². The summed E-state index contributed by atoms with van der Waals surface area (Å²) >= 11 is 1.69. The summed E-state index contributed by atoms with van der Waals surface area (Å²) in [5.41, 5.74) is 1.60. The molecule has 0 spiro atoms. The van der Waals surface area contributed by atoms with Crippen LogP contribution in [0.3, 0.4) is 0 Å². The van der Waals surface area contributed by atoms with Gasteiger partial charge >= 0.3 is 0 Å².